The van der Waals surface area contributed by atoms with E-state index in [2.05, 4.69) is 15.5 Å². The zero-order valence-corrected chi connectivity index (χ0v) is 16.7. The summed E-state index contributed by atoms with van der Waals surface area (Å²) in [5, 5.41) is 12.8. The lowest BCUT2D eigenvalue weighted by Gasteiger charge is -2.06. The van der Waals surface area contributed by atoms with Gasteiger partial charge in [-0.2, -0.15) is 0 Å². The molecule has 0 aliphatic carbocycles. The lowest BCUT2D eigenvalue weighted by atomic mass is 10.1. The van der Waals surface area contributed by atoms with Gasteiger partial charge in [-0.1, -0.05) is 30.0 Å². The average Bonchev–Trinajstić information content (AvgIpc) is 3.29. The Labute approximate surface area is 171 Å². The number of rotatable bonds is 6. The SMILES string of the molecule is CC(=O)c1ccc(NC(=O)CSc2nnc(-c3cc4ccccc4o3)n2C)cc1. The first-order valence-electron chi connectivity index (χ1n) is 8.93. The van der Waals surface area contributed by atoms with E-state index in [-0.39, 0.29) is 17.4 Å². The van der Waals surface area contributed by atoms with E-state index in [1.54, 1.807) is 28.8 Å². The van der Waals surface area contributed by atoms with Gasteiger partial charge in [0.2, 0.25) is 5.91 Å². The molecule has 4 rings (SSSR count). The molecule has 29 heavy (non-hydrogen) atoms. The van der Waals surface area contributed by atoms with Gasteiger partial charge < -0.3 is 14.3 Å². The number of benzene rings is 2. The smallest absolute Gasteiger partial charge is 0.234 e. The molecule has 0 aliphatic rings. The van der Waals surface area contributed by atoms with Gasteiger partial charge in [-0.05, 0) is 43.3 Å². The second kappa shape index (κ2) is 7.92. The standard InChI is InChI=1S/C21H18N4O3S/c1-13(26)14-7-9-16(10-8-14)22-19(27)12-29-21-24-23-20(25(21)2)18-11-15-5-3-4-6-17(15)28-18/h3-11H,12H2,1-2H3,(H,22,27). The van der Waals surface area contributed by atoms with Crippen LogP contribution in [-0.4, -0.2) is 32.2 Å². The summed E-state index contributed by atoms with van der Waals surface area (Å²) in [6, 6.07) is 16.5. The third-order valence-electron chi connectivity index (χ3n) is 4.39. The third kappa shape index (κ3) is 4.07. The predicted molar refractivity (Wildman–Crippen MR) is 112 cm³/mol. The number of nitrogens with zero attached hydrogens (tertiary/aromatic N) is 3. The van der Waals surface area contributed by atoms with E-state index in [4.69, 9.17) is 4.42 Å². The minimum Gasteiger partial charge on any atom is -0.453 e. The molecule has 8 heteroatoms. The molecule has 0 spiro atoms. The van der Waals surface area contributed by atoms with E-state index in [1.807, 2.05) is 37.4 Å². The summed E-state index contributed by atoms with van der Waals surface area (Å²) in [6.45, 7) is 1.50. The van der Waals surface area contributed by atoms with Crippen LogP contribution < -0.4 is 5.32 Å². The summed E-state index contributed by atoms with van der Waals surface area (Å²) in [7, 11) is 1.84. The Morgan fingerprint density at radius 2 is 1.86 bits per heavy atom. The number of anilines is 1. The molecule has 0 atom stereocenters. The Morgan fingerprint density at radius 3 is 2.59 bits per heavy atom. The highest BCUT2D eigenvalue weighted by molar-refractivity contribution is 7.99. The normalized spacial score (nSPS) is 11.0. The molecule has 4 aromatic rings. The van der Waals surface area contributed by atoms with Gasteiger partial charge >= 0.3 is 0 Å². The number of carbonyl (C=O) groups excluding carboxylic acids is 2. The number of ketones is 1. The number of hydrogen-bond donors (Lipinski definition) is 1. The number of fused-ring (bicyclic) bond motifs is 1. The Balaban J connectivity index is 1.41. The van der Waals surface area contributed by atoms with Gasteiger partial charge in [-0.3, -0.25) is 9.59 Å². The quantitative estimate of drug-likeness (QED) is 0.382. The van der Waals surface area contributed by atoms with Crippen molar-refractivity contribution in [1.82, 2.24) is 14.8 Å². The van der Waals surface area contributed by atoms with Crippen LogP contribution in [0.2, 0.25) is 0 Å². The zero-order chi connectivity index (χ0) is 20.4. The highest BCUT2D eigenvalue weighted by atomic mass is 32.2. The zero-order valence-electron chi connectivity index (χ0n) is 15.9. The van der Waals surface area contributed by atoms with E-state index in [0.29, 0.717) is 28.0 Å². The fraction of sp³-hybridized carbons (Fsp3) is 0.143. The summed E-state index contributed by atoms with van der Waals surface area (Å²) in [5.74, 6) is 1.23. The van der Waals surface area contributed by atoms with E-state index in [0.717, 1.165) is 11.0 Å². The van der Waals surface area contributed by atoms with Crippen LogP contribution in [0.1, 0.15) is 17.3 Å². The van der Waals surface area contributed by atoms with Gasteiger partial charge in [0.15, 0.2) is 22.5 Å². The van der Waals surface area contributed by atoms with E-state index in [1.165, 1.54) is 18.7 Å². The first-order valence-corrected chi connectivity index (χ1v) is 9.92. The lowest BCUT2D eigenvalue weighted by molar-refractivity contribution is -0.113. The number of thioether (sulfide) groups is 1. The minimum atomic E-state index is -0.168. The van der Waals surface area contributed by atoms with Crippen molar-refractivity contribution in [3.63, 3.8) is 0 Å². The third-order valence-corrected chi connectivity index (χ3v) is 5.41. The van der Waals surface area contributed by atoms with Gasteiger partial charge in [-0.15, -0.1) is 10.2 Å². The van der Waals surface area contributed by atoms with Crippen LogP contribution in [0.3, 0.4) is 0 Å². The van der Waals surface area contributed by atoms with Gasteiger partial charge in [0.25, 0.3) is 0 Å². The van der Waals surface area contributed by atoms with Crippen LogP contribution in [0, 0.1) is 0 Å². The van der Waals surface area contributed by atoms with Crippen molar-refractivity contribution in [3.05, 3.63) is 60.2 Å². The van der Waals surface area contributed by atoms with Gasteiger partial charge in [0, 0.05) is 23.7 Å². The molecule has 0 saturated carbocycles. The molecule has 1 N–H and O–H groups in total. The molecule has 1 amide bonds. The maximum atomic E-state index is 12.2. The molecule has 0 bridgehead atoms. The summed E-state index contributed by atoms with van der Waals surface area (Å²) < 4.78 is 7.65. The van der Waals surface area contributed by atoms with Crippen molar-refractivity contribution < 1.29 is 14.0 Å². The number of carbonyl (C=O) groups is 2. The minimum absolute atomic E-state index is 0.0130. The molecule has 0 radical (unpaired) electrons. The molecular weight excluding hydrogens is 388 g/mol. The molecule has 0 fully saturated rings. The topological polar surface area (TPSA) is 90.0 Å². The second-order valence-electron chi connectivity index (χ2n) is 6.48. The Kier molecular flexibility index (Phi) is 5.18. The fourth-order valence-corrected chi connectivity index (χ4v) is 3.57. The average molecular weight is 406 g/mol. The first-order chi connectivity index (χ1) is 14.0. The highest BCUT2D eigenvalue weighted by Crippen LogP contribution is 2.28. The maximum Gasteiger partial charge on any atom is 0.234 e. The summed E-state index contributed by atoms with van der Waals surface area (Å²) in [6.07, 6.45) is 0. The molecule has 146 valence electrons. The summed E-state index contributed by atoms with van der Waals surface area (Å²) in [4.78, 5) is 23.5. The number of nitrogens with one attached hydrogen (secondary N) is 1. The van der Waals surface area contributed by atoms with Crippen molar-refractivity contribution in [2.24, 2.45) is 7.05 Å². The monoisotopic (exact) mass is 406 g/mol. The Hall–Kier alpha value is -3.39. The first kappa shape index (κ1) is 18.9. The highest BCUT2D eigenvalue weighted by Gasteiger charge is 2.16. The van der Waals surface area contributed by atoms with Crippen LogP contribution >= 0.6 is 11.8 Å². The van der Waals surface area contributed by atoms with E-state index >= 15 is 0 Å². The number of amides is 1. The van der Waals surface area contributed by atoms with Crippen LogP contribution in [0.15, 0.2) is 64.2 Å². The van der Waals surface area contributed by atoms with Gasteiger partial charge in [0.1, 0.15) is 5.58 Å². The molecule has 0 aliphatic heterocycles. The lowest BCUT2D eigenvalue weighted by Crippen LogP contribution is -2.14. The van der Waals surface area contributed by atoms with E-state index in [9.17, 15) is 9.59 Å². The largest absolute Gasteiger partial charge is 0.453 e. The maximum absolute atomic E-state index is 12.2. The fourth-order valence-electron chi connectivity index (χ4n) is 2.86. The molecule has 2 heterocycles. The second-order valence-corrected chi connectivity index (χ2v) is 7.43. The van der Waals surface area contributed by atoms with Crippen LogP contribution in [-0.2, 0) is 11.8 Å². The van der Waals surface area contributed by atoms with Crippen molar-refractivity contribution in [1.29, 1.82) is 0 Å². The summed E-state index contributed by atoms with van der Waals surface area (Å²) in [5.41, 5.74) is 2.03. The molecule has 2 aromatic carbocycles. The van der Waals surface area contributed by atoms with Crippen LogP contribution in [0.5, 0.6) is 0 Å². The van der Waals surface area contributed by atoms with Crippen molar-refractivity contribution >= 4 is 40.1 Å². The Morgan fingerprint density at radius 1 is 1.10 bits per heavy atom. The molecule has 7 nitrogen and oxygen atoms in total. The number of Topliss-reactive ketones (excluding diaryl/α,β-unsaturated/α-hetero) is 1. The molecule has 2 aromatic heterocycles. The molecule has 0 unspecified atom stereocenters. The Bertz CT molecular complexity index is 1160. The van der Waals surface area contributed by atoms with Crippen molar-refractivity contribution in [2.45, 2.75) is 12.1 Å². The number of aromatic nitrogens is 3. The van der Waals surface area contributed by atoms with Crippen LogP contribution in [0.25, 0.3) is 22.6 Å². The van der Waals surface area contributed by atoms with Crippen molar-refractivity contribution in [3.8, 4) is 11.6 Å². The van der Waals surface area contributed by atoms with E-state index < -0.39 is 0 Å². The number of para-hydroxylation sites is 1. The van der Waals surface area contributed by atoms with Crippen molar-refractivity contribution in [2.75, 3.05) is 11.1 Å². The number of hydrogen-bond acceptors (Lipinski definition) is 6. The molecular formula is C21H18N4O3S. The summed E-state index contributed by atoms with van der Waals surface area (Å²) >= 11 is 1.29. The van der Waals surface area contributed by atoms with Gasteiger partial charge in [-0.25, -0.2) is 0 Å². The van der Waals surface area contributed by atoms with Gasteiger partial charge in [0.05, 0.1) is 5.75 Å². The number of furan rings is 1. The predicted octanol–water partition coefficient (Wildman–Crippen LogP) is 4.16. The van der Waals surface area contributed by atoms with Crippen LogP contribution in [0.4, 0.5) is 5.69 Å². The molecule has 0 saturated heterocycles.